The van der Waals surface area contributed by atoms with Gasteiger partial charge in [0, 0.05) is 16.6 Å². The molecule has 0 aliphatic rings. The fourth-order valence-electron chi connectivity index (χ4n) is 1.82. The molecule has 1 heterocycles. The minimum absolute atomic E-state index is 0.300. The van der Waals surface area contributed by atoms with Gasteiger partial charge in [0.15, 0.2) is 0 Å². The SMILES string of the molecule is CC(C)Cn1cnc(-c2cc(F)ccc2Br)c1N. The van der Waals surface area contributed by atoms with Crippen molar-refractivity contribution >= 4 is 21.7 Å². The van der Waals surface area contributed by atoms with Gasteiger partial charge in [-0.05, 0) is 24.1 Å². The lowest BCUT2D eigenvalue weighted by Crippen LogP contribution is -2.06. The molecule has 0 aliphatic carbocycles. The van der Waals surface area contributed by atoms with E-state index in [2.05, 4.69) is 34.8 Å². The van der Waals surface area contributed by atoms with Crippen molar-refractivity contribution in [3.63, 3.8) is 0 Å². The van der Waals surface area contributed by atoms with Crippen LogP contribution in [0.1, 0.15) is 13.8 Å². The lowest BCUT2D eigenvalue weighted by atomic mass is 10.1. The maximum absolute atomic E-state index is 13.3. The molecule has 0 fully saturated rings. The highest BCUT2D eigenvalue weighted by atomic mass is 79.9. The van der Waals surface area contributed by atoms with Crippen molar-refractivity contribution in [2.24, 2.45) is 5.92 Å². The van der Waals surface area contributed by atoms with Gasteiger partial charge >= 0.3 is 0 Å². The number of hydrogen-bond acceptors (Lipinski definition) is 2. The number of halogens is 2. The van der Waals surface area contributed by atoms with E-state index in [9.17, 15) is 4.39 Å². The summed E-state index contributed by atoms with van der Waals surface area (Å²) >= 11 is 3.39. The van der Waals surface area contributed by atoms with E-state index in [1.54, 1.807) is 12.4 Å². The Morgan fingerprint density at radius 3 is 2.83 bits per heavy atom. The van der Waals surface area contributed by atoms with Crippen molar-refractivity contribution in [3.8, 4) is 11.3 Å². The number of rotatable bonds is 3. The number of hydrogen-bond donors (Lipinski definition) is 1. The minimum Gasteiger partial charge on any atom is -0.383 e. The highest BCUT2D eigenvalue weighted by molar-refractivity contribution is 9.10. The molecule has 1 aromatic carbocycles. The standard InChI is InChI=1S/C13H15BrFN3/c1-8(2)6-18-7-17-12(13(18)16)10-5-9(15)3-4-11(10)14/h3-5,7-8H,6,16H2,1-2H3. The van der Waals surface area contributed by atoms with Crippen molar-refractivity contribution in [1.29, 1.82) is 0 Å². The van der Waals surface area contributed by atoms with Gasteiger partial charge in [-0.15, -0.1) is 0 Å². The molecule has 2 N–H and O–H groups in total. The molecule has 0 bridgehead atoms. The van der Waals surface area contributed by atoms with Crippen LogP contribution < -0.4 is 5.73 Å². The number of anilines is 1. The van der Waals surface area contributed by atoms with E-state index in [-0.39, 0.29) is 5.82 Å². The van der Waals surface area contributed by atoms with Crippen LogP contribution in [0, 0.1) is 11.7 Å². The Labute approximate surface area is 114 Å². The van der Waals surface area contributed by atoms with Crippen LogP contribution in [-0.2, 0) is 6.54 Å². The summed E-state index contributed by atoms with van der Waals surface area (Å²) in [5.41, 5.74) is 7.35. The molecule has 0 atom stereocenters. The van der Waals surface area contributed by atoms with Crippen LogP contribution in [0.25, 0.3) is 11.3 Å². The molecule has 0 amide bonds. The summed E-state index contributed by atoms with van der Waals surface area (Å²) < 4.78 is 16.0. The second-order valence-corrected chi connectivity index (χ2v) is 5.50. The first-order valence-electron chi connectivity index (χ1n) is 5.75. The van der Waals surface area contributed by atoms with E-state index in [0.717, 1.165) is 11.0 Å². The fraction of sp³-hybridized carbons (Fsp3) is 0.308. The summed E-state index contributed by atoms with van der Waals surface area (Å²) in [6.07, 6.45) is 1.70. The molecule has 2 aromatic rings. The predicted octanol–water partition coefficient (Wildman–Crippen LogP) is 3.69. The van der Waals surface area contributed by atoms with E-state index in [1.807, 2.05) is 4.57 Å². The second-order valence-electron chi connectivity index (χ2n) is 4.65. The molecule has 1 aromatic heterocycles. The number of benzene rings is 1. The van der Waals surface area contributed by atoms with Crippen molar-refractivity contribution in [2.45, 2.75) is 20.4 Å². The molecule has 0 unspecified atom stereocenters. The summed E-state index contributed by atoms with van der Waals surface area (Å²) in [4.78, 5) is 4.28. The molecule has 0 saturated carbocycles. The molecule has 2 rings (SSSR count). The molecular weight excluding hydrogens is 297 g/mol. The first-order valence-corrected chi connectivity index (χ1v) is 6.54. The molecular formula is C13H15BrFN3. The van der Waals surface area contributed by atoms with Crippen LogP contribution in [0.3, 0.4) is 0 Å². The Bertz CT molecular complexity index is 563. The second kappa shape index (κ2) is 5.10. The zero-order valence-corrected chi connectivity index (χ0v) is 11.9. The molecule has 0 aliphatic heterocycles. The first kappa shape index (κ1) is 13.1. The van der Waals surface area contributed by atoms with Crippen LogP contribution in [0.2, 0.25) is 0 Å². The summed E-state index contributed by atoms with van der Waals surface area (Å²) in [6, 6.07) is 4.49. The summed E-state index contributed by atoms with van der Waals surface area (Å²) in [7, 11) is 0. The number of aromatic nitrogens is 2. The van der Waals surface area contributed by atoms with Crippen molar-refractivity contribution in [3.05, 3.63) is 34.8 Å². The number of nitrogens with two attached hydrogens (primary N) is 1. The summed E-state index contributed by atoms with van der Waals surface area (Å²) in [5.74, 6) is 0.742. The fourth-order valence-corrected chi connectivity index (χ4v) is 2.25. The third-order valence-electron chi connectivity index (χ3n) is 2.62. The van der Waals surface area contributed by atoms with Gasteiger partial charge in [-0.2, -0.15) is 0 Å². The summed E-state index contributed by atoms with van der Waals surface area (Å²) in [6.45, 7) is 5.01. The maximum Gasteiger partial charge on any atom is 0.131 e. The van der Waals surface area contributed by atoms with Crippen LogP contribution in [0.15, 0.2) is 29.0 Å². The number of nitrogens with zero attached hydrogens (tertiary/aromatic N) is 2. The first-order chi connectivity index (χ1) is 8.49. The molecule has 18 heavy (non-hydrogen) atoms. The normalized spacial score (nSPS) is 11.2. The van der Waals surface area contributed by atoms with Gasteiger partial charge in [-0.1, -0.05) is 29.8 Å². The average Bonchev–Trinajstić information content (AvgIpc) is 2.64. The van der Waals surface area contributed by atoms with E-state index in [0.29, 0.717) is 23.0 Å². The lowest BCUT2D eigenvalue weighted by molar-refractivity contribution is 0.527. The Morgan fingerprint density at radius 1 is 1.44 bits per heavy atom. The molecule has 0 radical (unpaired) electrons. The highest BCUT2D eigenvalue weighted by Crippen LogP contribution is 2.31. The molecule has 0 spiro atoms. The maximum atomic E-state index is 13.3. The van der Waals surface area contributed by atoms with E-state index >= 15 is 0 Å². The highest BCUT2D eigenvalue weighted by Gasteiger charge is 2.14. The van der Waals surface area contributed by atoms with E-state index in [4.69, 9.17) is 5.73 Å². The Hall–Kier alpha value is -1.36. The topological polar surface area (TPSA) is 43.8 Å². The lowest BCUT2D eigenvalue weighted by Gasteiger charge is -2.09. The van der Waals surface area contributed by atoms with Crippen LogP contribution in [0.4, 0.5) is 10.2 Å². The Kier molecular flexibility index (Phi) is 3.71. The average molecular weight is 312 g/mol. The predicted molar refractivity (Wildman–Crippen MR) is 74.6 cm³/mol. The van der Waals surface area contributed by atoms with Gasteiger partial charge in [0.25, 0.3) is 0 Å². The van der Waals surface area contributed by atoms with Crippen molar-refractivity contribution < 1.29 is 4.39 Å². The third-order valence-corrected chi connectivity index (χ3v) is 3.32. The Balaban J connectivity index is 2.45. The monoisotopic (exact) mass is 311 g/mol. The molecule has 5 heteroatoms. The number of imidazole rings is 1. The van der Waals surface area contributed by atoms with Gasteiger partial charge in [-0.25, -0.2) is 9.37 Å². The van der Waals surface area contributed by atoms with Gasteiger partial charge in [0.05, 0.1) is 6.33 Å². The summed E-state index contributed by atoms with van der Waals surface area (Å²) in [5, 5.41) is 0. The minimum atomic E-state index is -0.300. The molecule has 0 saturated heterocycles. The zero-order valence-electron chi connectivity index (χ0n) is 10.3. The largest absolute Gasteiger partial charge is 0.383 e. The van der Waals surface area contributed by atoms with Crippen molar-refractivity contribution in [1.82, 2.24) is 9.55 Å². The van der Waals surface area contributed by atoms with E-state index < -0.39 is 0 Å². The van der Waals surface area contributed by atoms with Crippen LogP contribution in [-0.4, -0.2) is 9.55 Å². The van der Waals surface area contributed by atoms with Crippen LogP contribution >= 0.6 is 15.9 Å². The van der Waals surface area contributed by atoms with Gasteiger partial charge < -0.3 is 10.3 Å². The quantitative estimate of drug-likeness (QED) is 0.939. The van der Waals surface area contributed by atoms with Crippen LogP contribution in [0.5, 0.6) is 0 Å². The molecule has 96 valence electrons. The van der Waals surface area contributed by atoms with Crippen molar-refractivity contribution in [2.75, 3.05) is 5.73 Å². The molecule has 3 nitrogen and oxygen atoms in total. The smallest absolute Gasteiger partial charge is 0.131 e. The van der Waals surface area contributed by atoms with E-state index in [1.165, 1.54) is 12.1 Å². The van der Waals surface area contributed by atoms with Gasteiger partial charge in [0.2, 0.25) is 0 Å². The number of nitrogen functional groups attached to an aromatic ring is 1. The van der Waals surface area contributed by atoms with Gasteiger partial charge in [-0.3, -0.25) is 0 Å². The van der Waals surface area contributed by atoms with Gasteiger partial charge in [0.1, 0.15) is 17.3 Å². The third kappa shape index (κ3) is 2.56. The zero-order chi connectivity index (χ0) is 13.3. The Morgan fingerprint density at radius 2 is 2.17 bits per heavy atom.